The molecule has 14 heavy (non-hydrogen) atoms. The maximum Gasteiger partial charge on any atom is 0.228 e. The summed E-state index contributed by atoms with van der Waals surface area (Å²) in [5.74, 6) is 0. The van der Waals surface area contributed by atoms with E-state index in [4.69, 9.17) is 5.11 Å². The molecule has 0 amide bonds. The Bertz CT molecular complexity index is 418. The van der Waals surface area contributed by atoms with Gasteiger partial charge in [-0.15, -0.1) is 0 Å². The molecule has 1 unspecified atom stereocenters. The lowest BCUT2D eigenvalue weighted by molar-refractivity contribution is 0.225. The minimum absolute atomic E-state index is 0.151. The number of hydrogen-bond acceptors (Lipinski definition) is 3. The van der Waals surface area contributed by atoms with Crippen LogP contribution in [-0.4, -0.2) is 25.6 Å². The Kier molecular flexibility index (Phi) is 3.63. The first-order valence-electron chi connectivity index (χ1n) is 3.73. The van der Waals surface area contributed by atoms with Gasteiger partial charge in [0.2, 0.25) is 15.3 Å². The second-order valence-corrected chi connectivity index (χ2v) is 5.46. The van der Waals surface area contributed by atoms with Crippen LogP contribution in [0.4, 0.5) is 4.39 Å². The Balaban J connectivity index is 3.24. The average Bonchev–Trinajstić information content (AvgIpc) is 2.17. The summed E-state index contributed by atoms with van der Waals surface area (Å²) in [5, 5.41) is 8.45. The molecule has 1 atom stereocenters. The summed E-state index contributed by atoms with van der Waals surface area (Å²) in [4.78, 5) is -0.151. The second-order valence-electron chi connectivity index (χ2n) is 2.57. The molecule has 1 rings (SSSR count). The topological polar surface area (TPSA) is 54.4 Å². The Morgan fingerprint density at radius 2 is 2.00 bits per heavy atom. The van der Waals surface area contributed by atoms with Crippen molar-refractivity contribution >= 4 is 25.8 Å². The van der Waals surface area contributed by atoms with E-state index in [1.54, 1.807) is 6.07 Å². The Morgan fingerprint density at radius 1 is 1.43 bits per heavy atom. The van der Waals surface area contributed by atoms with E-state index < -0.39 is 21.9 Å². The van der Waals surface area contributed by atoms with Crippen LogP contribution in [0.1, 0.15) is 0 Å². The van der Waals surface area contributed by atoms with Crippen molar-refractivity contribution in [2.24, 2.45) is 0 Å². The number of aliphatic hydroxyl groups is 1. The van der Waals surface area contributed by atoms with Crippen molar-refractivity contribution in [3.63, 3.8) is 0 Å². The first-order valence-corrected chi connectivity index (χ1v) is 6.07. The molecule has 6 heteroatoms. The van der Waals surface area contributed by atoms with Crippen molar-refractivity contribution in [3.05, 3.63) is 28.7 Å². The van der Waals surface area contributed by atoms with Crippen LogP contribution in [0.15, 0.2) is 33.6 Å². The molecule has 3 nitrogen and oxygen atoms in total. The quantitative estimate of drug-likeness (QED) is 0.914. The summed E-state index contributed by atoms with van der Waals surface area (Å²) in [5.41, 5.74) is -2.28. The molecule has 0 bridgehead atoms. The lowest BCUT2D eigenvalue weighted by Crippen LogP contribution is -2.20. The van der Waals surface area contributed by atoms with E-state index >= 15 is 0 Å². The number of halogens is 2. The molecule has 0 aliphatic rings. The smallest absolute Gasteiger partial charge is 0.228 e. The summed E-state index contributed by atoms with van der Waals surface area (Å²) in [6.07, 6.45) is 0. The van der Waals surface area contributed by atoms with Gasteiger partial charge in [0, 0.05) is 4.47 Å². The van der Waals surface area contributed by atoms with E-state index in [9.17, 15) is 12.8 Å². The third kappa shape index (κ3) is 2.13. The maximum atomic E-state index is 12.9. The first kappa shape index (κ1) is 11.6. The fourth-order valence-corrected chi connectivity index (χ4v) is 2.95. The van der Waals surface area contributed by atoms with Crippen molar-refractivity contribution in [2.75, 3.05) is 6.61 Å². The molecule has 0 heterocycles. The fraction of sp³-hybridized carbons (Fsp3) is 0.250. The second kappa shape index (κ2) is 4.37. The molecule has 0 fully saturated rings. The summed E-state index contributed by atoms with van der Waals surface area (Å²) in [6.45, 7) is -1.04. The zero-order chi connectivity index (χ0) is 10.8. The van der Waals surface area contributed by atoms with Gasteiger partial charge in [0.15, 0.2) is 0 Å². The molecule has 0 radical (unpaired) electrons. The van der Waals surface area contributed by atoms with E-state index in [1.165, 1.54) is 18.2 Å². The number of alkyl halides is 1. The molecule has 0 aromatic heterocycles. The predicted octanol–water partition coefficient (Wildman–Crippen LogP) is 1.51. The number of hydrogen-bond donors (Lipinski definition) is 1. The Labute approximate surface area is 89.6 Å². The minimum Gasteiger partial charge on any atom is -0.392 e. The van der Waals surface area contributed by atoms with Gasteiger partial charge in [-0.3, -0.25) is 0 Å². The molecule has 0 saturated carbocycles. The van der Waals surface area contributed by atoms with E-state index in [2.05, 4.69) is 15.9 Å². The number of sulfone groups is 1. The van der Waals surface area contributed by atoms with Gasteiger partial charge in [-0.1, -0.05) is 12.1 Å². The van der Waals surface area contributed by atoms with Gasteiger partial charge in [0.1, 0.15) is 0 Å². The lowest BCUT2D eigenvalue weighted by Gasteiger charge is -2.08. The van der Waals surface area contributed by atoms with Crippen molar-refractivity contribution in [2.45, 2.75) is 10.4 Å². The van der Waals surface area contributed by atoms with Gasteiger partial charge < -0.3 is 5.11 Å². The Morgan fingerprint density at radius 3 is 2.50 bits per heavy atom. The van der Waals surface area contributed by atoms with E-state index in [0.717, 1.165) is 0 Å². The number of rotatable bonds is 3. The minimum atomic E-state index is -4.08. The highest BCUT2D eigenvalue weighted by atomic mass is 79.9. The zero-order valence-electron chi connectivity index (χ0n) is 7.02. The molecule has 1 N–H and O–H groups in total. The number of aliphatic hydroxyl groups excluding tert-OH is 1. The van der Waals surface area contributed by atoms with Crippen LogP contribution in [0, 0.1) is 0 Å². The molecule has 1 aromatic carbocycles. The van der Waals surface area contributed by atoms with Crippen molar-refractivity contribution < 1.29 is 17.9 Å². The van der Waals surface area contributed by atoms with Crippen molar-refractivity contribution in [1.29, 1.82) is 0 Å². The standard InChI is InChI=1S/C8H8BrFO3S/c9-6-3-1-2-4-7(6)14(12,13)8(10)5-11/h1-4,8,11H,5H2. The molecule has 0 aliphatic heterocycles. The highest BCUT2D eigenvalue weighted by molar-refractivity contribution is 9.10. The zero-order valence-corrected chi connectivity index (χ0v) is 9.42. The van der Waals surface area contributed by atoms with Crippen molar-refractivity contribution in [3.8, 4) is 0 Å². The van der Waals surface area contributed by atoms with Gasteiger partial charge in [-0.2, -0.15) is 0 Å². The highest BCUT2D eigenvalue weighted by Crippen LogP contribution is 2.25. The molecule has 1 aromatic rings. The van der Waals surface area contributed by atoms with Crippen LogP contribution < -0.4 is 0 Å². The molecule has 0 aliphatic carbocycles. The maximum absolute atomic E-state index is 12.9. The monoisotopic (exact) mass is 282 g/mol. The Hall–Kier alpha value is -0.460. The van der Waals surface area contributed by atoms with Crippen LogP contribution >= 0.6 is 15.9 Å². The molecular weight excluding hydrogens is 275 g/mol. The van der Waals surface area contributed by atoms with E-state index in [1.807, 2.05) is 0 Å². The first-order chi connectivity index (χ1) is 6.50. The largest absolute Gasteiger partial charge is 0.392 e. The van der Waals surface area contributed by atoms with Crippen LogP contribution in [0.2, 0.25) is 0 Å². The third-order valence-corrected chi connectivity index (χ3v) is 4.37. The van der Waals surface area contributed by atoms with Crippen LogP contribution in [-0.2, 0) is 9.84 Å². The molecule has 78 valence electrons. The summed E-state index contributed by atoms with van der Waals surface area (Å²) in [6, 6.07) is 5.88. The lowest BCUT2D eigenvalue weighted by atomic mass is 10.4. The number of benzene rings is 1. The highest BCUT2D eigenvalue weighted by Gasteiger charge is 2.27. The van der Waals surface area contributed by atoms with Gasteiger partial charge in [-0.05, 0) is 28.1 Å². The third-order valence-electron chi connectivity index (χ3n) is 1.62. The van der Waals surface area contributed by atoms with Gasteiger partial charge >= 0.3 is 0 Å². The fourth-order valence-electron chi connectivity index (χ4n) is 0.911. The predicted molar refractivity (Wildman–Crippen MR) is 53.3 cm³/mol. The SMILES string of the molecule is O=S(=O)(c1ccccc1Br)C(F)CO. The summed E-state index contributed by atoms with van der Waals surface area (Å²) in [7, 11) is -4.08. The van der Waals surface area contributed by atoms with E-state index in [0.29, 0.717) is 0 Å². The molecule has 0 saturated heterocycles. The van der Waals surface area contributed by atoms with E-state index in [-0.39, 0.29) is 9.37 Å². The molecular formula is C8H8BrFO3S. The van der Waals surface area contributed by atoms with Gasteiger partial charge in [0.25, 0.3) is 0 Å². The summed E-state index contributed by atoms with van der Waals surface area (Å²) >= 11 is 3.00. The van der Waals surface area contributed by atoms with Crippen molar-refractivity contribution in [1.82, 2.24) is 0 Å². The summed E-state index contributed by atoms with van der Waals surface area (Å²) < 4.78 is 36.0. The van der Waals surface area contributed by atoms with Gasteiger partial charge in [0.05, 0.1) is 11.5 Å². The van der Waals surface area contributed by atoms with Crippen LogP contribution in [0.3, 0.4) is 0 Å². The van der Waals surface area contributed by atoms with Crippen LogP contribution in [0.5, 0.6) is 0 Å². The normalized spacial score (nSPS) is 13.9. The van der Waals surface area contributed by atoms with Gasteiger partial charge in [-0.25, -0.2) is 12.8 Å². The average molecular weight is 283 g/mol. The molecule has 0 spiro atoms. The van der Waals surface area contributed by atoms with Crippen LogP contribution in [0.25, 0.3) is 0 Å².